The lowest BCUT2D eigenvalue weighted by Gasteiger charge is -2.18. The number of nitrogens with one attached hydrogen (secondary N) is 1. The lowest BCUT2D eigenvalue weighted by molar-refractivity contribution is -0.121. The highest BCUT2D eigenvalue weighted by Gasteiger charge is 2.20. The summed E-state index contributed by atoms with van der Waals surface area (Å²) in [6.07, 6.45) is 2.20. The van der Waals surface area contributed by atoms with Crippen LogP contribution in [0.25, 0.3) is 0 Å². The van der Waals surface area contributed by atoms with Crippen molar-refractivity contribution in [3.05, 3.63) is 71.5 Å². The first kappa shape index (κ1) is 18.8. The van der Waals surface area contributed by atoms with Crippen LogP contribution in [0.3, 0.4) is 0 Å². The van der Waals surface area contributed by atoms with E-state index in [-0.39, 0.29) is 18.7 Å². The Balaban J connectivity index is 1.99. The van der Waals surface area contributed by atoms with Crippen LogP contribution in [0.1, 0.15) is 11.1 Å². The van der Waals surface area contributed by atoms with Crippen LogP contribution < -0.4 is 5.43 Å². The first-order valence-electron chi connectivity index (χ1n) is 7.42. The van der Waals surface area contributed by atoms with E-state index in [1.807, 2.05) is 6.07 Å². The number of benzene rings is 2. The molecule has 0 unspecified atom stereocenters. The second-order valence-corrected chi connectivity index (χ2v) is 7.31. The fraction of sp³-hybridized carbons (Fsp3) is 0.176. The number of halogens is 1. The van der Waals surface area contributed by atoms with E-state index in [9.17, 15) is 17.6 Å². The topological polar surface area (TPSA) is 78.8 Å². The molecule has 25 heavy (non-hydrogen) atoms. The van der Waals surface area contributed by atoms with Crippen LogP contribution in [-0.4, -0.2) is 37.6 Å². The largest absolute Gasteiger partial charge is 0.272 e. The summed E-state index contributed by atoms with van der Waals surface area (Å²) in [6, 6.07) is 14.9. The van der Waals surface area contributed by atoms with Crippen molar-refractivity contribution in [1.29, 1.82) is 0 Å². The Morgan fingerprint density at radius 1 is 1.16 bits per heavy atom. The molecule has 0 heterocycles. The van der Waals surface area contributed by atoms with E-state index < -0.39 is 21.7 Å². The summed E-state index contributed by atoms with van der Waals surface area (Å²) in [5.41, 5.74) is 3.18. The minimum atomic E-state index is -3.58. The third-order valence-electron chi connectivity index (χ3n) is 3.29. The Bertz CT molecular complexity index is 854. The van der Waals surface area contributed by atoms with Gasteiger partial charge in [-0.15, -0.1) is 0 Å². The third kappa shape index (κ3) is 6.09. The number of hydrazone groups is 1. The average Bonchev–Trinajstić information content (AvgIpc) is 2.56. The van der Waals surface area contributed by atoms with Gasteiger partial charge in [0.05, 0.1) is 19.0 Å². The molecule has 0 saturated heterocycles. The number of hydrogen-bond donors (Lipinski definition) is 1. The monoisotopic (exact) mass is 363 g/mol. The maximum absolute atomic E-state index is 13.4. The van der Waals surface area contributed by atoms with Gasteiger partial charge < -0.3 is 0 Å². The van der Waals surface area contributed by atoms with Crippen molar-refractivity contribution in [3.63, 3.8) is 0 Å². The number of carbonyl (C=O) groups excluding carboxylic acids is 1. The predicted molar refractivity (Wildman–Crippen MR) is 93.8 cm³/mol. The molecule has 1 amide bonds. The smallest absolute Gasteiger partial charge is 0.255 e. The third-order valence-corrected chi connectivity index (χ3v) is 4.49. The van der Waals surface area contributed by atoms with Gasteiger partial charge >= 0.3 is 0 Å². The molecule has 2 aromatic rings. The van der Waals surface area contributed by atoms with Gasteiger partial charge in [-0.25, -0.2) is 18.2 Å². The van der Waals surface area contributed by atoms with Gasteiger partial charge in [0.2, 0.25) is 10.0 Å². The van der Waals surface area contributed by atoms with Crippen LogP contribution in [0, 0.1) is 5.82 Å². The van der Waals surface area contributed by atoms with Gasteiger partial charge in [-0.3, -0.25) is 4.79 Å². The minimum Gasteiger partial charge on any atom is -0.272 e. The minimum absolute atomic E-state index is 0.0735. The van der Waals surface area contributed by atoms with Crippen molar-refractivity contribution in [1.82, 2.24) is 9.73 Å². The summed E-state index contributed by atoms with van der Waals surface area (Å²) in [6.45, 7) is -0.313. The zero-order chi connectivity index (χ0) is 18.3. The van der Waals surface area contributed by atoms with Gasteiger partial charge in [0.1, 0.15) is 5.82 Å². The second-order valence-electron chi connectivity index (χ2n) is 5.33. The van der Waals surface area contributed by atoms with Crippen molar-refractivity contribution in [2.24, 2.45) is 5.10 Å². The fourth-order valence-electron chi connectivity index (χ4n) is 2.03. The van der Waals surface area contributed by atoms with E-state index >= 15 is 0 Å². The molecular weight excluding hydrogens is 345 g/mol. The van der Waals surface area contributed by atoms with E-state index in [1.54, 1.807) is 36.4 Å². The van der Waals surface area contributed by atoms with E-state index in [2.05, 4.69) is 10.5 Å². The molecule has 0 aromatic heterocycles. The molecular formula is C17H18FN3O3S. The van der Waals surface area contributed by atoms with Crippen LogP contribution >= 0.6 is 0 Å². The highest BCUT2D eigenvalue weighted by atomic mass is 32.2. The van der Waals surface area contributed by atoms with Crippen LogP contribution in [0.15, 0.2) is 59.7 Å². The van der Waals surface area contributed by atoms with E-state index in [0.717, 1.165) is 22.3 Å². The van der Waals surface area contributed by atoms with Gasteiger partial charge in [0.15, 0.2) is 0 Å². The number of sulfonamides is 1. The molecule has 2 aromatic carbocycles. The van der Waals surface area contributed by atoms with E-state index in [0.29, 0.717) is 0 Å². The summed E-state index contributed by atoms with van der Waals surface area (Å²) >= 11 is 0. The lowest BCUT2D eigenvalue weighted by atomic mass is 10.2. The van der Waals surface area contributed by atoms with Gasteiger partial charge in [-0.2, -0.15) is 9.41 Å². The lowest BCUT2D eigenvalue weighted by Crippen LogP contribution is -2.38. The Morgan fingerprint density at radius 2 is 1.80 bits per heavy atom. The normalized spacial score (nSPS) is 11.8. The number of hydrogen-bond acceptors (Lipinski definition) is 4. The highest BCUT2D eigenvalue weighted by molar-refractivity contribution is 7.88. The molecule has 0 aliphatic carbocycles. The van der Waals surface area contributed by atoms with Gasteiger partial charge in [-0.05, 0) is 11.6 Å². The van der Waals surface area contributed by atoms with E-state index in [4.69, 9.17) is 0 Å². The zero-order valence-electron chi connectivity index (χ0n) is 13.6. The standard InChI is InChI=1S/C17H18FN3O3S/c1-25(23,24)21(12-14-7-3-2-4-8-14)13-17(22)20-19-11-15-9-5-6-10-16(15)18/h2-11H,12-13H2,1H3,(H,20,22)/b19-11-. The molecule has 0 spiro atoms. The average molecular weight is 363 g/mol. The van der Waals surface area contributed by atoms with Crippen LogP contribution in [0.4, 0.5) is 4.39 Å². The maximum Gasteiger partial charge on any atom is 0.255 e. The van der Waals surface area contributed by atoms with Crippen LogP contribution in [0.2, 0.25) is 0 Å². The molecule has 0 aliphatic rings. The SMILES string of the molecule is CS(=O)(=O)N(CC(=O)N/N=C\c1ccccc1F)Cc1ccccc1. The second kappa shape index (κ2) is 8.50. The molecule has 0 fully saturated rings. The molecule has 0 bridgehead atoms. The number of rotatable bonds is 7. The molecule has 6 nitrogen and oxygen atoms in total. The quantitative estimate of drug-likeness (QED) is 0.601. The summed E-state index contributed by atoms with van der Waals surface area (Å²) in [4.78, 5) is 11.9. The number of carbonyl (C=O) groups is 1. The molecule has 1 N–H and O–H groups in total. The molecule has 2 rings (SSSR count). The van der Waals surface area contributed by atoms with Crippen LogP contribution in [0.5, 0.6) is 0 Å². The maximum atomic E-state index is 13.4. The molecule has 0 aliphatic heterocycles. The van der Waals surface area contributed by atoms with E-state index in [1.165, 1.54) is 12.1 Å². The molecule has 0 atom stereocenters. The van der Waals surface area contributed by atoms with Crippen LogP contribution in [-0.2, 0) is 21.4 Å². The summed E-state index contributed by atoms with van der Waals surface area (Å²) in [5.74, 6) is -1.09. The number of nitrogens with zero attached hydrogens (tertiary/aromatic N) is 2. The Hall–Kier alpha value is -2.58. The van der Waals surface area contributed by atoms with Gasteiger partial charge in [0, 0.05) is 12.1 Å². The summed E-state index contributed by atoms with van der Waals surface area (Å²) in [5, 5.41) is 3.66. The van der Waals surface area contributed by atoms with Crippen molar-refractivity contribution < 1.29 is 17.6 Å². The van der Waals surface area contributed by atoms with Gasteiger partial charge in [-0.1, -0.05) is 48.5 Å². The fourth-order valence-corrected chi connectivity index (χ4v) is 2.76. The van der Waals surface area contributed by atoms with Gasteiger partial charge in [0.25, 0.3) is 5.91 Å². The Kier molecular flexibility index (Phi) is 6.37. The Labute approximate surface area is 146 Å². The Morgan fingerprint density at radius 3 is 2.44 bits per heavy atom. The first-order chi connectivity index (χ1) is 11.9. The van der Waals surface area contributed by atoms with Crippen molar-refractivity contribution in [2.75, 3.05) is 12.8 Å². The first-order valence-corrected chi connectivity index (χ1v) is 9.26. The highest BCUT2D eigenvalue weighted by Crippen LogP contribution is 2.08. The van der Waals surface area contributed by atoms with Crippen molar-refractivity contribution >= 4 is 22.1 Å². The summed E-state index contributed by atoms with van der Waals surface area (Å²) in [7, 11) is -3.58. The molecule has 132 valence electrons. The van der Waals surface area contributed by atoms with Crippen molar-refractivity contribution in [2.45, 2.75) is 6.54 Å². The zero-order valence-corrected chi connectivity index (χ0v) is 14.4. The summed E-state index contributed by atoms with van der Waals surface area (Å²) < 4.78 is 38.2. The molecule has 8 heteroatoms. The molecule has 0 radical (unpaired) electrons. The predicted octanol–water partition coefficient (Wildman–Crippen LogP) is 1.74. The molecule has 0 saturated carbocycles. The van der Waals surface area contributed by atoms with Crippen molar-refractivity contribution in [3.8, 4) is 0 Å². The number of amides is 1.